The lowest BCUT2D eigenvalue weighted by molar-refractivity contribution is -0.146. The van der Waals surface area contributed by atoms with E-state index in [4.69, 9.17) is 15.9 Å². The van der Waals surface area contributed by atoms with Crippen molar-refractivity contribution >= 4 is 34.7 Å². The standard InChI is InChI=1S/C21H28INO4/c1-3-5-6-7-8-12-15-26-20(24)18(16-17-13-10-9-11-14-17)23-21(25)27-19(22)4-2/h2,9-11,13-14,18-19H,3,5-8,12,15-16H2,1H3,(H,23,25)/t18-,19?/m0/s1. The van der Waals surface area contributed by atoms with Gasteiger partial charge in [-0.05, 0) is 34.6 Å². The number of benzene rings is 1. The number of halogens is 1. The van der Waals surface area contributed by atoms with E-state index in [1.165, 1.54) is 19.3 Å². The van der Waals surface area contributed by atoms with Crippen LogP contribution in [0.3, 0.4) is 0 Å². The van der Waals surface area contributed by atoms with Crippen LogP contribution in [-0.4, -0.2) is 28.8 Å². The average molecular weight is 485 g/mol. The molecule has 6 heteroatoms. The van der Waals surface area contributed by atoms with Gasteiger partial charge in [-0.15, -0.1) is 6.42 Å². The Kier molecular flexibility index (Phi) is 12.4. The van der Waals surface area contributed by atoms with E-state index < -0.39 is 22.2 Å². The fourth-order valence-electron chi connectivity index (χ4n) is 2.50. The molecule has 1 amide bonds. The van der Waals surface area contributed by atoms with Gasteiger partial charge in [-0.1, -0.05) is 75.3 Å². The van der Waals surface area contributed by atoms with Crippen molar-refractivity contribution in [3.8, 4) is 12.3 Å². The van der Waals surface area contributed by atoms with Crippen LogP contribution in [0.1, 0.15) is 51.0 Å². The lowest BCUT2D eigenvalue weighted by atomic mass is 10.1. The zero-order valence-corrected chi connectivity index (χ0v) is 17.9. The summed E-state index contributed by atoms with van der Waals surface area (Å²) in [6.07, 6.45) is 11.5. The van der Waals surface area contributed by atoms with E-state index in [1.54, 1.807) is 0 Å². The lowest BCUT2D eigenvalue weighted by Gasteiger charge is -2.18. The number of rotatable bonds is 12. The quantitative estimate of drug-likeness (QED) is 0.154. The first-order valence-electron chi connectivity index (χ1n) is 9.34. The maximum atomic E-state index is 12.4. The van der Waals surface area contributed by atoms with Crippen LogP contribution in [0, 0.1) is 12.3 Å². The number of esters is 1. The Morgan fingerprint density at radius 1 is 1.15 bits per heavy atom. The molecule has 148 valence electrons. The Labute approximate surface area is 175 Å². The molecule has 0 aliphatic rings. The number of nitrogens with one attached hydrogen (secondary N) is 1. The summed E-state index contributed by atoms with van der Waals surface area (Å²) in [5.74, 6) is 1.84. The molecule has 1 aromatic carbocycles. The first-order chi connectivity index (χ1) is 13.1. The SMILES string of the molecule is C#CC(I)OC(=O)N[C@@H](Cc1ccccc1)C(=O)OCCCCCCCC. The van der Waals surface area contributed by atoms with Gasteiger partial charge in [0, 0.05) is 6.42 Å². The number of hydrogen-bond donors (Lipinski definition) is 1. The molecule has 0 spiro atoms. The molecule has 0 saturated heterocycles. The van der Waals surface area contributed by atoms with Crippen molar-refractivity contribution in [2.24, 2.45) is 0 Å². The predicted octanol–water partition coefficient (Wildman–Crippen LogP) is 4.62. The number of carbonyl (C=O) groups excluding carboxylic acids is 2. The zero-order valence-electron chi connectivity index (χ0n) is 15.8. The lowest BCUT2D eigenvalue weighted by Crippen LogP contribution is -2.44. The van der Waals surface area contributed by atoms with Crippen LogP contribution in [0.25, 0.3) is 0 Å². The topological polar surface area (TPSA) is 64.6 Å². The molecule has 27 heavy (non-hydrogen) atoms. The van der Waals surface area contributed by atoms with Gasteiger partial charge in [0.15, 0.2) is 0 Å². The van der Waals surface area contributed by atoms with Crippen LogP contribution < -0.4 is 5.32 Å². The van der Waals surface area contributed by atoms with Crippen molar-refractivity contribution in [1.82, 2.24) is 5.32 Å². The minimum absolute atomic E-state index is 0.327. The minimum Gasteiger partial charge on any atom is -0.464 e. The second-order valence-corrected chi connectivity index (χ2v) is 7.34. The van der Waals surface area contributed by atoms with Crippen molar-refractivity contribution in [2.45, 2.75) is 62.0 Å². The zero-order chi connectivity index (χ0) is 19.9. The van der Waals surface area contributed by atoms with Crippen LogP contribution in [0.5, 0.6) is 0 Å². The first-order valence-corrected chi connectivity index (χ1v) is 10.6. The average Bonchev–Trinajstić information content (AvgIpc) is 2.67. The van der Waals surface area contributed by atoms with Gasteiger partial charge in [0.05, 0.1) is 6.61 Å². The third kappa shape index (κ3) is 10.9. The van der Waals surface area contributed by atoms with E-state index in [9.17, 15) is 9.59 Å². The molecule has 1 aromatic rings. The summed E-state index contributed by atoms with van der Waals surface area (Å²) in [5, 5.41) is 2.56. The van der Waals surface area contributed by atoms with Crippen molar-refractivity contribution in [3.05, 3.63) is 35.9 Å². The molecule has 1 unspecified atom stereocenters. The number of terminal acetylenes is 1. The van der Waals surface area contributed by atoms with Gasteiger partial charge in [0.25, 0.3) is 0 Å². The Morgan fingerprint density at radius 2 is 1.81 bits per heavy atom. The molecule has 1 rings (SSSR count). The third-order valence-electron chi connectivity index (χ3n) is 3.94. The van der Waals surface area contributed by atoms with Crippen LogP contribution in [0.15, 0.2) is 30.3 Å². The van der Waals surface area contributed by atoms with Gasteiger partial charge in [-0.25, -0.2) is 9.59 Å². The Bertz CT molecular complexity index is 600. The Balaban J connectivity index is 2.52. The number of unbranched alkanes of at least 4 members (excludes halogenated alkanes) is 5. The highest BCUT2D eigenvalue weighted by atomic mass is 127. The molecule has 0 aromatic heterocycles. The number of alkyl halides is 1. The summed E-state index contributed by atoms with van der Waals surface area (Å²) in [4.78, 5) is 24.4. The highest BCUT2D eigenvalue weighted by Crippen LogP contribution is 2.09. The summed E-state index contributed by atoms with van der Waals surface area (Å²) >= 11 is 1.81. The molecule has 0 aliphatic heterocycles. The van der Waals surface area contributed by atoms with E-state index in [-0.39, 0.29) is 0 Å². The monoisotopic (exact) mass is 485 g/mol. The van der Waals surface area contributed by atoms with Crippen molar-refractivity contribution < 1.29 is 19.1 Å². The maximum absolute atomic E-state index is 12.4. The Hall–Kier alpha value is -1.75. The van der Waals surface area contributed by atoms with Crippen molar-refractivity contribution in [3.63, 3.8) is 0 Å². The molecule has 0 radical (unpaired) electrons. The van der Waals surface area contributed by atoms with Gasteiger partial charge in [0.1, 0.15) is 6.04 Å². The van der Waals surface area contributed by atoms with E-state index in [1.807, 2.05) is 52.9 Å². The summed E-state index contributed by atoms with van der Waals surface area (Å²) in [6.45, 7) is 2.53. The molecule has 2 atom stereocenters. The molecular weight excluding hydrogens is 457 g/mol. The summed E-state index contributed by atoms with van der Waals surface area (Å²) in [6, 6.07) is 8.62. The number of hydrogen-bond acceptors (Lipinski definition) is 4. The molecule has 0 heterocycles. The van der Waals surface area contributed by atoms with Crippen LogP contribution in [0.2, 0.25) is 0 Å². The van der Waals surface area contributed by atoms with Gasteiger partial charge < -0.3 is 14.8 Å². The largest absolute Gasteiger partial charge is 0.464 e. The smallest absolute Gasteiger partial charge is 0.409 e. The Morgan fingerprint density at radius 3 is 2.48 bits per heavy atom. The number of carbonyl (C=O) groups is 2. The number of ether oxygens (including phenoxy) is 2. The van der Waals surface area contributed by atoms with Crippen LogP contribution >= 0.6 is 22.6 Å². The fourth-order valence-corrected chi connectivity index (χ4v) is 2.73. The van der Waals surface area contributed by atoms with E-state index in [0.717, 1.165) is 24.8 Å². The highest BCUT2D eigenvalue weighted by molar-refractivity contribution is 14.1. The summed E-state index contributed by atoms with van der Waals surface area (Å²) in [5.41, 5.74) is 0.919. The van der Waals surface area contributed by atoms with Gasteiger partial charge >= 0.3 is 12.1 Å². The fraction of sp³-hybridized carbons (Fsp3) is 0.524. The molecular formula is C21H28INO4. The summed E-state index contributed by atoms with van der Waals surface area (Å²) < 4.78 is 9.66. The second kappa shape index (κ2) is 14.3. The first kappa shape index (κ1) is 23.3. The van der Waals surface area contributed by atoms with E-state index in [0.29, 0.717) is 13.0 Å². The molecule has 0 aliphatic carbocycles. The van der Waals surface area contributed by atoms with Gasteiger partial charge in [0.2, 0.25) is 4.11 Å². The number of alkyl carbamates (subject to hydrolysis) is 1. The normalized spacial score (nSPS) is 12.5. The third-order valence-corrected chi connectivity index (χ3v) is 4.56. The minimum atomic E-state index is -0.818. The maximum Gasteiger partial charge on any atom is 0.409 e. The van der Waals surface area contributed by atoms with Gasteiger partial charge in [-0.3, -0.25) is 0 Å². The van der Waals surface area contributed by atoms with Gasteiger partial charge in [-0.2, -0.15) is 0 Å². The molecule has 0 bridgehead atoms. The molecule has 5 nitrogen and oxygen atoms in total. The molecule has 0 saturated carbocycles. The van der Waals surface area contributed by atoms with Crippen LogP contribution in [-0.2, 0) is 20.7 Å². The van der Waals surface area contributed by atoms with Crippen molar-refractivity contribution in [2.75, 3.05) is 6.61 Å². The van der Waals surface area contributed by atoms with Crippen LogP contribution in [0.4, 0.5) is 4.79 Å². The predicted molar refractivity (Wildman–Crippen MR) is 115 cm³/mol. The molecule has 0 fully saturated rings. The highest BCUT2D eigenvalue weighted by Gasteiger charge is 2.24. The second-order valence-electron chi connectivity index (χ2n) is 6.21. The summed E-state index contributed by atoms with van der Waals surface area (Å²) in [7, 11) is 0. The van der Waals surface area contributed by atoms with E-state index in [2.05, 4.69) is 18.2 Å². The van der Waals surface area contributed by atoms with Crippen molar-refractivity contribution in [1.29, 1.82) is 0 Å². The van der Waals surface area contributed by atoms with E-state index >= 15 is 0 Å². The molecule has 1 N–H and O–H groups in total. The number of amides is 1.